The van der Waals surface area contributed by atoms with Gasteiger partial charge in [0.1, 0.15) is 6.04 Å². The van der Waals surface area contributed by atoms with Gasteiger partial charge >= 0.3 is 0 Å². The van der Waals surface area contributed by atoms with Crippen LogP contribution in [0.2, 0.25) is 0 Å². The van der Waals surface area contributed by atoms with Crippen molar-refractivity contribution in [3.8, 4) is 0 Å². The second-order valence-corrected chi connectivity index (χ2v) is 14.2. The average molecular weight is 632 g/mol. The van der Waals surface area contributed by atoms with Gasteiger partial charge in [-0.15, -0.1) is 11.8 Å². The van der Waals surface area contributed by atoms with E-state index in [0.717, 1.165) is 11.1 Å². The van der Waals surface area contributed by atoms with E-state index in [0.29, 0.717) is 0 Å². The molecular formula is C34H41N5O5S. The molecule has 4 rings (SSSR count). The molecule has 11 heteroatoms. The lowest BCUT2D eigenvalue weighted by molar-refractivity contribution is -0.147. The zero-order chi connectivity index (χ0) is 32.8. The van der Waals surface area contributed by atoms with Crippen LogP contribution < -0.4 is 16.0 Å². The topological polar surface area (TPSA) is 141 Å². The van der Waals surface area contributed by atoms with Gasteiger partial charge < -0.3 is 26.0 Å². The van der Waals surface area contributed by atoms with Crippen molar-refractivity contribution in [2.45, 2.75) is 76.1 Å². The molecule has 0 unspecified atom stereocenters. The molecule has 45 heavy (non-hydrogen) atoms. The Hall–Kier alpha value is -4.22. The van der Waals surface area contributed by atoms with Crippen molar-refractivity contribution in [3.05, 3.63) is 101 Å². The number of rotatable bonds is 10. The fraction of sp³-hybridized carbons (Fsp3) is 0.382. The number of nitrogens with zero attached hydrogens (tertiary/aromatic N) is 2. The summed E-state index contributed by atoms with van der Waals surface area (Å²) < 4.78 is -0.606. The minimum Gasteiger partial charge on any atom is -0.381 e. The van der Waals surface area contributed by atoms with Crippen molar-refractivity contribution in [1.82, 2.24) is 25.8 Å². The molecule has 1 saturated heterocycles. The van der Waals surface area contributed by atoms with Crippen LogP contribution in [0.15, 0.2) is 79.1 Å². The standard InChI is InChI=1S/C34H41N5O5S/c1-33(2,3)38-31(43)28-34(4,5)45-21-39(28)32(44)27(40)26(19-22-11-7-6-8-12-22)37-30(42)25-14-10-9-13-24(25)29(41)36-20-23-15-17-35-18-16-23/h6-18,26-28,40H,19-21H2,1-5H3,(H,36,41)(H,37,42)(H,38,43)/t26-,27-,28+/m0/s1. The summed E-state index contributed by atoms with van der Waals surface area (Å²) in [6, 6.07) is 17.2. The Morgan fingerprint density at radius 1 is 0.933 bits per heavy atom. The molecule has 238 valence electrons. The molecule has 4 amide bonds. The molecule has 10 nitrogen and oxygen atoms in total. The number of thioether (sulfide) groups is 1. The van der Waals surface area contributed by atoms with E-state index in [4.69, 9.17) is 0 Å². The Balaban J connectivity index is 1.58. The number of aromatic nitrogens is 1. The maximum Gasteiger partial charge on any atom is 0.254 e. The zero-order valence-corrected chi connectivity index (χ0v) is 27.1. The maximum atomic E-state index is 13.9. The lowest BCUT2D eigenvalue weighted by Gasteiger charge is -2.35. The third-order valence-electron chi connectivity index (χ3n) is 7.44. The molecule has 1 aliphatic heterocycles. The van der Waals surface area contributed by atoms with Gasteiger partial charge in [0, 0.05) is 29.2 Å². The minimum absolute atomic E-state index is 0.0998. The second kappa shape index (κ2) is 14.3. The maximum absolute atomic E-state index is 13.9. The summed E-state index contributed by atoms with van der Waals surface area (Å²) in [6.07, 6.45) is 1.73. The summed E-state index contributed by atoms with van der Waals surface area (Å²) in [7, 11) is 0. The monoisotopic (exact) mass is 631 g/mol. The SMILES string of the molecule is CC(C)(C)NC(=O)[C@H]1N(C(=O)[C@@H](O)[C@H](Cc2ccccc2)NC(=O)c2ccccc2C(=O)NCc2ccncc2)CSC1(C)C. The highest BCUT2D eigenvalue weighted by Crippen LogP contribution is 2.40. The van der Waals surface area contributed by atoms with Crippen LogP contribution in [0.3, 0.4) is 0 Å². The van der Waals surface area contributed by atoms with Gasteiger partial charge in [0.05, 0.1) is 23.0 Å². The third-order valence-corrected chi connectivity index (χ3v) is 8.82. The first-order chi connectivity index (χ1) is 21.3. The van der Waals surface area contributed by atoms with E-state index in [1.54, 1.807) is 42.7 Å². The van der Waals surface area contributed by atoms with Crippen molar-refractivity contribution >= 4 is 35.4 Å². The zero-order valence-electron chi connectivity index (χ0n) is 26.2. The van der Waals surface area contributed by atoms with Crippen LogP contribution in [-0.4, -0.2) is 73.0 Å². The molecule has 0 aliphatic carbocycles. The van der Waals surface area contributed by atoms with Gasteiger partial charge in [-0.05, 0) is 76.4 Å². The molecule has 2 heterocycles. The Kier molecular flexibility index (Phi) is 10.7. The highest BCUT2D eigenvalue weighted by atomic mass is 32.2. The highest BCUT2D eigenvalue weighted by molar-refractivity contribution is 8.00. The number of pyridine rings is 1. The molecule has 0 bridgehead atoms. The van der Waals surface area contributed by atoms with E-state index in [1.165, 1.54) is 22.7 Å². The smallest absolute Gasteiger partial charge is 0.254 e. The summed E-state index contributed by atoms with van der Waals surface area (Å²) in [5.41, 5.74) is 1.37. The number of carbonyl (C=O) groups is 4. The Bertz CT molecular complexity index is 1510. The van der Waals surface area contributed by atoms with Gasteiger partial charge in [-0.1, -0.05) is 42.5 Å². The number of hydrogen-bond acceptors (Lipinski definition) is 7. The van der Waals surface area contributed by atoms with Gasteiger partial charge in [0.25, 0.3) is 17.7 Å². The highest BCUT2D eigenvalue weighted by Gasteiger charge is 2.50. The largest absolute Gasteiger partial charge is 0.381 e. The number of aliphatic hydroxyl groups excluding tert-OH is 1. The average Bonchev–Trinajstić information content (AvgIpc) is 3.33. The summed E-state index contributed by atoms with van der Waals surface area (Å²) >= 11 is 1.45. The summed E-state index contributed by atoms with van der Waals surface area (Å²) in [5, 5.41) is 20.2. The fourth-order valence-electron chi connectivity index (χ4n) is 5.21. The van der Waals surface area contributed by atoms with Crippen LogP contribution >= 0.6 is 11.8 Å². The molecule has 0 spiro atoms. The first-order valence-electron chi connectivity index (χ1n) is 14.8. The van der Waals surface area contributed by atoms with Crippen molar-refractivity contribution < 1.29 is 24.3 Å². The molecule has 0 saturated carbocycles. The Morgan fingerprint density at radius 3 is 2.16 bits per heavy atom. The number of aliphatic hydroxyl groups is 1. The molecule has 4 N–H and O–H groups in total. The van der Waals surface area contributed by atoms with Crippen LogP contribution in [0.25, 0.3) is 0 Å². The number of hydrogen-bond donors (Lipinski definition) is 4. The number of nitrogens with one attached hydrogen (secondary N) is 3. The Labute approximate surface area is 268 Å². The van der Waals surface area contributed by atoms with E-state index in [9.17, 15) is 24.3 Å². The normalized spacial score (nSPS) is 17.2. The van der Waals surface area contributed by atoms with Crippen LogP contribution in [0.1, 0.15) is 66.5 Å². The van der Waals surface area contributed by atoms with Gasteiger partial charge in [-0.2, -0.15) is 0 Å². The molecule has 3 atom stereocenters. The van der Waals surface area contributed by atoms with Crippen molar-refractivity contribution in [2.75, 3.05) is 5.88 Å². The number of benzene rings is 2. The summed E-state index contributed by atoms with van der Waals surface area (Å²) in [6.45, 7) is 9.63. The van der Waals surface area contributed by atoms with Gasteiger partial charge in [0.15, 0.2) is 6.10 Å². The van der Waals surface area contributed by atoms with Gasteiger partial charge in [0.2, 0.25) is 5.91 Å². The molecule has 1 aliphatic rings. The molecular weight excluding hydrogens is 590 g/mol. The lowest BCUT2D eigenvalue weighted by atomic mass is 9.96. The van der Waals surface area contributed by atoms with E-state index in [-0.39, 0.29) is 35.9 Å². The van der Waals surface area contributed by atoms with Crippen LogP contribution in [0.4, 0.5) is 0 Å². The van der Waals surface area contributed by atoms with E-state index >= 15 is 0 Å². The lowest BCUT2D eigenvalue weighted by Crippen LogP contribution is -2.60. The first kappa shape index (κ1) is 33.7. The van der Waals surface area contributed by atoms with Crippen LogP contribution in [0.5, 0.6) is 0 Å². The third kappa shape index (κ3) is 8.70. The second-order valence-electron chi connectivity index (χ2n) is 12.6. The molecule has 1 aromatic heterocycles. The van der Waals surface area contributed by atoms with Crippen molar-refractivity contribution in [1.29, 1.82) is 0 Å². The van der Waals surface area contributed by atoms with E-state index < -0.39 is 46.2 Å². The molecule has 2 aromatic carbocycles. The molecule has 0 radical (unpaired) electrons. The van der Waals surface area contributed by atoms with Gasteiger partial charge in [-0.3, -0.25) is 24.2 Å². The van der Waals surface area contributed by atoms with Gasteiger partial charge in [-0.25, -0.2) is 0 Å². The van der Waals surface area contributed by atoms with E-state index in [1.807, 2.05) is 65.0 Å². The van der Waals surface area contributed by atoms with Crippen LogP contribution in [0, 0.1) is 0 Å². The number of amides is 4. The Morgan fingerprint density at radius 2 is 1.53 bits per heavy atom. The quantitative estimate of drug-likeness (QED) is 0.269. The summed E-state index contributed by atoms with van der Waals surface area (Å²) in [5.74, 6) is -1.83. The van der Waals surface area contributed by atoms with Crippen LogP contribution in [-0.2, 0) is 22.6 Å². The minimum atomic E-state index is -1.67. The molecule has 1 fully saturated rings. The first-order valence-corrected chi connectivity index (χ1v) is 15.8. The van der Waals surface area contributed by atoms with Crippen molar-refractivity contribution in [2.24, 2.45) is 0 Å². The van der Waals surface area contributed by atoms with Crippen molar-refractivity contribution in [3.63, 3.8) is 0 Å². The molecule has 3 aromatic rings. The fourth-order valence-corrected chi connectivity index (χ4v) is 6.35. The van der Waals surface area contributed by atoms with E-state index in [2.05, 4.69) is 20.9 Å². The predicted octanol–water partition coefficient (Wildman–Crippen LogP) is 3.31. The number of carbonyl (C=O) groups excluding carboxylic acids is 4. The predicted molar refractivity (Wildman–Crippen MR) is 174 cm³/mol. The summed E-state index contributed by atoms with van der Waals surface area (Å²) in [4.78, 5) is 59.5.